The molecule has 1 aliphatic rings. The zero-order valence-corrected chi connectivity index (χ0v) is 12.8. The lowest BCUT2D eigenvalue weighted by Crippen LogP contribution is -2.26. The lowest BCUT2D eigenvalue weighted by atomic mass is 10.1. The Labute approximate surface area is 118 Å². The number of rotatable bonds is 6. The molecule has 0 saturated heterocycles. The van der Waals surface area contributed by atoms with Gasteiger partial charge in [-0.15, -0.1) is 0 Å². The van der Waals surface area contributed by atoms with Crippen molar-refractivity contribution >= 4 is 0 Å². The van der Waals surface area contributed by atoms with Gasteiger partial charge < -0.3 is 14.8 Å². The van der Waals surface area contributed by atoms with Crippen LogP contribution in [0.2, 0.25) is 0 Å². The fourth-order valence-corrected chi connectivity index (χ4v) is 3.14. The summed E-state index contributed by atoms with van der Waals surface area (Å²) in [6.07, 6.45) is 9.99. The van der Waals surface area contributed by atoms with Gasteiger partial charge in [0.1, 0.15) is 0 Å². The van der Waals surface area contributed by atoms with E-state index in [1.54, 1.807) is 11.1 Å². The first-order chi connectivity index (χ1) is 9.28. The van der Waals surface area contributed by atoms with Crippen molar-refractivity contribution in [2.45, 2.75) is 52.1 Å². The Hall–Kier alpha value is -0.800. The van der Waals surface area contributed by atoms with Crippen LogP contribution in [-0.2, 0) is 13.0 Å². The van der Waals surface area contributed by atoms with Crippen LogP contribution in [-0.4, -0.2) is 36.1 Å². The molecule has 0 bridgehead atoms. The minimum atomic E-state index is 0.562. The molecule has 0 fully saturated rings. The highest BCUT2D eigenvalue weighted by molar-refractivity contribution is 5.29. The van der Waals surface area contributed by atoms with Gasteiger partial charge in [0, 0.05) is 31.5 Å². The summed E-state index contributed by atoms with van der Waals surface area (Å²) in [5.74, 6) is 0. The van der Waals surface area contributed by atoms with Gasteiger partial charge in [0.25, 0.3) is 0 Å². The molecular formula is C16H29N3. The van der Waals surface area contributed by atoms with Crippen LogP contribution in [0.1, 0.15) is 50.3 Å². The van der Waals surface area contributed by atoms with Gasteiger partial charge in [-0.2, -0.15) is 0 Å². The smallest absolute Gasteiger partial charge is 0.0347 e. The molecule has 1 aromatic rings. The number of likely N-dealkylation sites (N-methyl/N-ethyl adjacent to an activating group) is 1. The van der Waals surface area contributed by atoms with E-state index in [4.69, 9.17) is 0 Å². The first-order valence-corrected chi connectivity index (χ1v) is 7.86. The Morgan fingerprint density at radius 2 is 2.05 bits per heavy atom. The summed E-state index contributed by atoms with van der Waals surface area (Å²) in [5, 5.41) is 3.48. The first kappa shape index (κ1) is 14.6. The largest absolute Gasteiger partial charge is 0.352 e. The van der Waals surface area contributed by atoms with Gasteiger partial charge in [0.05, 0.1) is 0 Å². The number of hydrogen-bond acceptors (Lipinski definition) is 2. The zero-order valence-electron chi connectivity index (χ0n) is 12.8. The highest BCUT2D eigenvalue weighted by atomic mass is 15.1. The van der Waals surface area contributed by atoms with Crippen LogP contribution in [0.3, 0.4) is 0 Å². The summed E-state index contributed by atoms with van der Waals surface area (Å²) in [5.41, 5.74) is 3.11. The van der Waals surface area contributed by atoms with Crippen molar-refractivity contribution in [2.24, 2.45) is 0 Å². The average molecular weight is 263 g/mol. The van der Waals surface area contributed by atoms with Crippen molar-refractivity contribution in [2.75, 3.05) is 26.7 Å². The molecule has 1 atom stereocenters. The van der Waals surface area contributed by atoms with Gasteiger partial charge in [-0.1, -0.05) is 20.3 Å². The Balaban J connectivity index is 2.04. The average Bonchev–Trinajstić information content (AvgIpc) is 2.74. The predicted octanol–water partition coefficient (Wildman–Crippen LogP) is 2.82. The van der Waals surface area contributed by atoms with Crippen LogP contribution < -0.4 is 5.32 Å². The van der Waals surface area contributed by atoms with E-state index in [-0.39, 0.29) is 0 Å². The third-order valence-corrected chi connectivity index (χ3v) is 4.48. The number of fused-ring (bicyclic) bond motifs is 1. The fraction of sp³-hybridized carbons (Fsp3) is 0.750. The van der Waals surface area contributed by atoms with Gasteiger partial charge in [0.2, 0.25) is 0 Å². The van der Waals surface area contributed by atoms with E-state index in [1.807, 2.05) is 0 Å². The number of aromatic nitrogens is 1. The van der Waals surface area contributed by atoms with Gasteiger partial charge >= 0.3 is 0 Å². The van der Waals surface area contributed by atoms with E-state index in [0.717, 1.165) is 26.2 Å². The van der Waals surface area contributed by atoms with Gasteiger partial charge in [0.15, 0.2) is 0 Å². The number of aryl methyl sites for hydroxylation is 1. The second-order valence-electron chi connectivity index (χ2n) is 5.59. The summed E-state index contributed by atoms with van der Waals surface area (Å²) < 4.78 is 2.40. The van der Waals surface area contributed by atoms with Crippen molar-refractivity contribution < 1.29 is 0 Å². The van der Waals surface area contributed by atoms with Crippen LogP contribution in [0.15, 0.2) is 12.4 Å². The van der Waals surface area contributed by atoms with Crippen molar-refractivity contribution in [3.05, 3.63) is 23.5 Å². The van der Waals surface area contributed by atoms with Gasteiger partial charge in [-0.05, 0) is 50.5 Å². The van der Waals surface area contributed by atoms with Crippen LogP contribution in [0, 0.1) is 0 Å². The van der Waals surface area contributed by atoms with E-state index in [0.29, 0.717) is 6.04 Å². The molecule has 1 unspecified atom stereocenters. The van der Waals surface area contributed by atoms with Crippen LogP contribution in [0.25, 0.3) is 0 Å². The maximum Gasteiger partial charge on any atom is 0.0347 e. The third-order valence-electron chi connectivity index (χ3n) is 4.48. The topological polar surface area (TPSA) is 20.2 Å². The first-order valence-electron chi connectivity index (χ1n) is 7.86. The van der Waals surface area contributed by atoms with Crippen molar-refractivity contribution in [1.82, 2.24) is 14.8 Å². The summed E-state index contributed by atoms with van der Waals surface area (Å²) >= 11 is 0. The fourth-order valence-electron chi connectivity index (χ4n) is 3.14. The molecule has 0 aromatic carbocycles. The van der Waals surface area contributed by atoms with E-state index in [9.17, 15) is 0 Å². The Bertz CT molecular complexity index is 379. The number of hydrogen-bond donors (Lipinski definition) is 1. The molecule has 0 radical (unpaired) electrons. The normalized spacial score (nSPS) is 19.5. The van der Waals surface area contributed by atoms with E-state index in [1.165, 1.54) is 25.7 Å². The molecule has 1 aliphatic carbocycles. The van der Waals surface area contributed by atoms with E-state index in [2.05, 4.69) is 48.1 Å². The number of nitrogens with one attached hydrogen (secondary N) is 1. The maximum atomic E-state index is 3.48. The standard InChI is InChI=1S/C16H29N3/c1-4-18(5-2)10-11-19-12-14-8-6-7-9-16(17-3)15(14)13-19/h12-13,16-17H,4-11H2,1-3H3. The highest BCUT2D eigenvalue weighted by Gasteiger charge is 2.19. The third kappa shape index (κ3) is 3.61. The Morgan fingerprint density at radius 3 is 2.74 bits per heavy atom. The molecule has 19 heavy (non-hydrogen) atoms. The van der Waals surface area contributed by atoms with Crippen LogP contribution in [0.4, 0.5) is 0 Å². The van der Waals surface area contributed by atoms with Crippen LogP contribution in [0.5, 0.6) is 0 Å². The van der Waals surface area contributed by atoms with E-state index < -0.39 is 0 Å². The van der Waals surface area contributed by atoms with Gasteiger partial charge in [-0.3, -0.25) is 0 Å². The molecule has 2 rings (SSSR count). The lowest BCUT2D eigenvalue weighted by Gasteiger charge is -2.18. The molecule has 108 valence electrons. The molecule has 1 N–H and O–H groups in total. The lowest BCUT2D eigenvalue weighted by molar-refractivity contribution is 0.290. The minimum Gasteiger partial charge on any atom is -0.352 e. The van der Waals surface area contributed by atoms with Crippen LogP contribution >= 0.6 is 0 Å². The summed E-state index contributed by atoms with van der Waals surface area (Å²) in [6.45, 7) is 9.06. The molecule has 0 amide bonds. The summed E-state index contributed by atoms with van der Waals surface area (Å²) in [7, 11) is 2.09. The maximum absolute atomic E-state index is 3.48. The summed E-state index contributed by atoms with van der Waals surface area (Å²) in [6, 6.07) is 0.562. The highest BCUT2D eigenvalue weighted by Crippen LogP contribution is 2.29. The second kappa shape index (κ2) is 7.11. The van der Waals surface area contributed by atoms with Crippen molar-refractivity contribution in [3.8, 4) is 0 Å². The Kier molecular flexibility index (Phi) is 5.46. The Morgan fingerprint density at radius 1 is 1.26 bits per heavy atom. The van der Waals surface area contributed by atoms with E-state index >= 15 is 0 Å². The summed E-state index contributed by atoms with van der Waals surface area (Å²) in [4.78, 5) is 2.49. The van der Waals surface area contributed by atoms with Crippen molar-refractivity contribution in [1.29, 1.82) is 0 Å². The molecule has 3 heteroatoms. The molecular weight excluding hydrogens is 234 g/mol. The monoisotopic (exact) mass is 263 g/mol. The SMILES string of the molecule is CCN(CC)CCn1cc2c(c1)C(NC)CCCC2. The predicted molar refractivity (Wildman–Crippen MR) is 81.6 cm³/mol. The molecule has 3 nitrogen and oxygen atoms in total. The number of nitrogens with zero attached hydrogens (tertiary/aromatic N) is 2. The molecule has 0 aliphatic heterocycles. The zero-order chi connectivity index (χ0) is 13.7. The minimum absolute atomic E-state index is 0.562. The van der Waals surface area contributed by atoms with Gasteiger partial charge in [-0.25, -0.2) is 0 Å². The molecule has 0 saturated carbocycles. The van der Waals surface area contributed by atoms with Crippen molar-refractivity contribution in [3.63, 3.8) is 0 Å². The molecule has 1 heterocycles. The quantitative estimate of drug-likeness (QED) is 0.796. The second-order valence-corrected chi connectivity index (χ2v) is 5.59. The molecule has 0 spiro atoms. The molecule has 1 aromatic heterocycles.